The average molecular weight is 700 g/mol. The van der Waals surface area contributed by atoms with Gasteiger partial charge in [0.1, 0.15) is 6.04 Å². The van der Waals surface area contributed by atoms with Gasteiger partial charge in [-0.05, 0) is 53.6 Å². The highest BCUT2D eigenvalue weighted by Gasteiger charge is 2.41. The predicted octanol–water partition coefficient (Wildman–Crippen LogP) is 5.74. The van der Waals surface area contributed by atoms with Crippen LogP contribution in [0.3, 0.4) is 0 Å². The van der Waals surface area contributed by atoms with Crippen LogP contribution in [-0.4, -0.2) is 77.1 Å². The Morgan fingerprint density at radius 1 is 0.816 bits per heavy atom. The van der Waals surface area contributed by atoms with Crippen molar-refractivity contribution in [3.8, 4) is 0 Å². The summed E-state index contributed by atoms with van der Waals surface area (Å²) in [6.45, 7) is 0.335. The molecule has 4 amide bonds. The number of hydrogen-bond donors (Lipinski definition) is 1. The maximum atomic E-state index is 14.2. The van der Waals surface area contributed by atoms with Gasteiger partial charge in [-0.1, -0.05) is 120 Å². The Morgan fingerprint density at radius 2 is 1.43 bits per heavy atom. The Kier molecular flexibility index (Phi) is 12.5. The summed E-state index contributed by atoms with van der Waals surface area (Å²) in [6, 6.07) is 33.9. The van der Waals surface area contributed by atoms with Crippen molar-refractivity contribution >= 4 is 46.8 Å². The number of halogens is 2. The van der Waals surface area contributed by atoms with E-state index >= 15 is 0 Å². The fourth-order valence-electron chi connectivity index (χ4n) is 6.34. The Balaban J connectivity index is 1.38. The van der Waals surface area contributed by atoms with Crippen LogP contribution in [0.4, 0.5) is 0 Å². The number of rotatable bonds is 15. The maximum absolute atomic E-state index is 14.2. The van der Waals surface area contributed by atoms with Gasteiger partial charge in [0, 0.05) is 35.6 Å². The highest BCUT2D eigenvalue weighted by Crippen LogP contribution is 2.30. The molecule has 4 aromatic carbocycles. The van der Waals surface area contributed by atoms with Gasteiger partial charge in [0.2, 0.25) is 23.6 Å². The molecule has 1 fully saturated rings. The van der Waals surface area contributed by atoms with E-state index in [4.69, 9.17) is 28.9 Å². The molecule has 0 bridgehead atoms. The van der Waals surface area contributed by atoms with Gasteiger partial charge in [0.15, 0.2) is 0 Å². The summed E-state index contributed by atoms with van der Waals surface area (Å²) in [5.41, 5.74) is 9.53. The van der Waals surface area contributed by atoms with Gasteiger partial charge in [-0.2, -0.15) is 0 Å². The number of carbonyl (C=O) groups is 4. The van der Waals surface area contributed by atoms with E-state index in [1.807, 2.05) is 66.7 Å². The Hall–Kier alpha value is -4.66. The van der Waals surface area contributed by atoms with Gasteiger partial charge in [-0.3, -0.25) is 19.2 Å². The van der Waals surface area contributed by atoms with Crippen LogP contribution in [0, 0.1) is 0 Å². The number of benzene rings is 4. The second-order valence-electron chi connectivity index (χ2n) is 12.2. The second-order valence-corrected chi connectivity index (χ2v) is 13.1. The van der Waals surface area contributed by atoms with E-state index in [1.165, 1.54) is 4.90 Å². The van der Waals surface area contributed by atoms with E-state index in [0.717, 1.165) is 22.3 Å². The Morgan fingerprint density at radius 3 is 2.02 bits per heavy atom. The summed E-state index contributed by atoms with van der Waals surface area (Å²) in [7, 11) is 0. The van der Waals surface area contributed by atoms with Crippen LogP contribution in [0.2, 0.25) is 10.0 Å². The summed E-state index contributed by atoms with van der Waals surface area (Å²) >= 11 is 12.4. The van der Waals surface area contributed by atoms with Crippen molar-refractivity contribution in [2.75, 3.05) is 32.7 Å². The standard InChI is InChI=1S/C39H40Cl2N4O4/c40-32-17-16-31(34(41)24-32)19-22-43(26-36(42)46)37(47)25-35-39(49)44(21-18-28-10-4-1-5-11-28)27-38(48)45(35)23-20-33(29-12-6-2-7-13-29)30-14-8-3-9-15-30/h1-17,24,33,35H,18-23,25-27H2,(H2,42,46). The van der Waals surface area contributed by atoms with E-state index in [1.54, 1.807) is 28.0 Å². The normalized spacial score (nSPS) is 14.7. The third kappa shape index (κ3) is 9.71. The molecule has 1 heterocycles. The summed E-state index contributed by atoms with van der Waals surface area (Å²) in [5, 5.41) is 0.927. The summed E-state index contributed by atoms with van der Waals surface area (Å²) in [4.78, 5) is 58.5. The number of carbonyl (C=O) groups excluding carboxylic acids is 4. The van der Waals surface area contributed by atoms with Crippen LogP contribution in [0.25, 0.3) is 0 Å². The molecule has 10 heteroatoms. The zero-order valence-electron chi connectivity index (χ0n) is 27.2. The van der Waals surface area contributed by atoms with Crippen molar-refractivity contribution in [2.24, 2.45) is 5.73 Å². The van der Waals surface area contributed by atoms with Crippen molar-refractivity contribution < 1.29 is 19.2 Å². The summed E-state index contributed by atoms with van der Waals surface area (Å²) in [6.07, 6.45) is 1.17. The Labute approximate surface area is 297 Å². The molecule has 1 atom stereocenters. The zero-order valence-corrected chi connectivity index (χ0v) is 28.7. The second kappa shape index (κ2) is 17.1. The molecule has 0 aromatic heterocycles. The number of piperazine rings is 1. The molecular formula is C39H40Cl2N4O4. The lowest BCUT2D eigenvalue weighted by atomic mass is 9.88. The molecule has 4 aromatic rings. The first kappa shape index (κ1) is 35.6. The molecule has 0 spiro atoms. The maximum Gasteiger partial charge on any atom is 0.246 e. The van der Waals surface area contributed by atoms with Crippen LogP contribution >= 0.6 is 23.2 Å². The third-order valence-corrected chi connectivity index (χ3v) is 9.52. The predicted molar refractivity (Wildman–Crippen MR) is 192 cm³/mol. The molecule has 1 aliphatic rings. The highest BCUT2D eigenvalue weighted by atomic mass is 35.5. The lowest BCUT2D eigenvalue weighted by Gasteiger charge is -2.41. The SMILES string of the molecule is NC(=O)CN(CCc1ccc(Cl)cc1Cl)C(=O)CC1C(=O)N(CCc2ccccc2)CC(=O)N1CCC(c1ccccc1)c1ccccc1. The molecule has 2 N–H and O–H groups in total. The van der Waals surface area contributed by atoms with Crippen LogP contribution in [0.5, 0.6) is 0 Å². The van der Waals surface area contributed by atoms with Gasteiger partial charge in [-0.15, -0.1) is 0 Å². The van der Waals surface area contributed by atoms with Crippen molar-refractivity contribution in [1.82, 2.24) is 14.7 Å². The van der Waals surface area contributed by atoms with Crippen LogP contribution in [0.1, 0.15) is 41.0 Å². The monoisotopic (exact) mass is 698 g/mol. The lowest BCUT2D eigenvalue weighted by molar-refractivity contribution is -0.158. The molecule has 8 nitrogen and oxygen atoms in total. The van der Waals surface area contributed by atoms with Crippen LogP contribution < -0.4 is 5.73 Å². The molecule has 254 valence electrons. The van der Waals surface area contributed by atoms with Crippen molar-refractivity contribution in [3.63, 3.8) is 0 Å². The number of primary amides is 1. The molecule has 0 saturated carbocycles. The smallest absolute Gasteiger partial charge is 0.246 e. The fraction of sp³-hybridized carbons (Fsp3) is 0.282. The van der Waals surface area contributed by atoms with Gasteiger partial charge in [-0.25, -0.2) is 0 Å². The molecule has 0 radical (unpaired) electrons. The van der Waals surface area contributed by atoms with Crippen LogP contribution in [0.15, 0.2) is 109 Å². The van der Waals surface area contributed by atoms with E-state index in [2.05, 4.69) is 24.3 Å². The minimum Gasteiger partial charge on any atom is -0.368 e. The summed E-state index contributed by atoms with van der Waals surface area (Å²) in [5.74, 6) is -1.68. The topological polar surface area (TPSA) is 104 Å². The lowest BCUT2D eigenvalue weighted by Crippen LogP contribution is -2.61. The largest absolute Gasteiger partial charge is 0.368 e. The molecule has 1 aliphatic heterocycles. The quantitative estimate of drug-likeness (QED) is 0.171. The van der Waals surface area contributed by atoms with E-state index in [9.17, 15) is 19.2 Å². The number of amides is 4. The first-order valence-electron chi connectivity index (χ1n) is 16.4. The van der Waals surface area contributed by atoms with Gasteiger partial charge in [0.05, 0.1) is 19.5 Å². The van der Waals surface area contributed by atoms with Crippen molar-refractivity contribution in [3.05, 3.63) is 141 Å². The van der Waals surface area contributed by atoms with Crippen molar-refractivity contribution in [2.45, 2.75) is 37.6 Å². The number of hydrogen-bond acceptors (Lipinski definition) is 4. The Bertz CT molecular complexity index is 1700. The fourth-order valence-corrected chi connectivity index (χ4v) is 6.85. The average Bonchev–Trinajstić information content (AvgIpc) is 3.10. The third-order valence-electron chi connectivity index (χ3n) is 8.93. The first-order chi connectivity index (χ1) is 23.7. The first-order valence-corrected chi connectivity index (χ1v) is 17.2. The van der Waals surface area contributed by atoms with Crippen LogP contribution in [-0.2, 0) is 32.0 Å². The number of nitrogens with zero attached hydrogens (tertiary/aromatic N) is 3. The van der Waals surface area contributed by atoms with Gasteiger partial charge >= 0.3 is 0 Å². The minimum atomic E-state index is -1.04. The molecule has 1 saturated heterocycles. The molecule has 1 unspecified atom stereocenters. The summed E-state index contributed by atoms with van der Waals surface area (Å²) < 4.78 is 0. The van der Waals surface area contributed by atoms with E-state index in [0.29, 0.717) is 35.9 Å². The van der Waals surface area contributed by atoms with E-state index < -0.39 is 17.9 Å². The number of nitrogens with two attached hydrogens (primary N) is 1. The van der Waals surface area contributed by atoms with E-state index in [-0.39, 0.29) is 50.3 Å². The van der Waals surface area contributed by atoms with Gasteiger partial charge < -0.3 is 20.4 Å². The molecule has 0 aliphatic carbocycles. The highest BCUT2D eigenvalue weighted by molar-refractivity contribution is 6.35. The van der Waals surface area contributed by atoms with Crippen molar-refractivity contribution in [1.29, 1.82) is 0 Å². The molecule has 5 rings (SSSR count). The minimum absolute atomic E-state index is 0.0340. The molecule has 49 heavy (non-hydrogen) atoms. The molecular weight excluding hydrogens is 659 g/mol. The van der Waals surface area contributed by atoms with Gasteiger partial charge in [0.25, 0.3) is 0 Å². The zero-order chi connectivity index (χ0) is 34.8.